The molecule has 0 radical (unpaired) electrons. The molecule has 0 spiro atoms. The number of nitriles is 1. The molecule has 3 nitrogen and oxygen atoms in total. The van der Waals surface area contributed by atoms with Crippen LogP contribution < -0.4 is 4.74 Å². The van der Waals surface area contributed by atoms with Crippen molar-refractivity contribution in [1.82, 2.24) is 0 Å². The highest BCUT2D eigenvalue weighted by atomic mass is 32.2. The van der Waals surface area contributed by atoms with Crippen LogP contribution in [-0.2, 0) is 22.6 Å². The van der Waals surface area contributed by atoms with Gasteiger partial charge in [-0.3, -0.25) is 4.21 Å². The zero-order valence-corrected chi connectivity index (χ0v) is 18.8. The minimum Gasteiger partial charge on any atom is -0.454 e. The Morgan fingerprint density at radius 3 is 2.41 bits per heavy atom. The van der Waals surface area contributed by atoms with E-state index in [-0.39, 0.29) is 10.7 Å². The molecule has 154 valence electrons. The van der Waals surface area contributed by atoms with Crippen LogP contribution in [0.4, 0.5) is 0 Å². The summed E-state index contributed by atoms with van der Waals surface area (Å²) in [6.07, 6.45) is 6.18. The number of nitrogens with zero attached hydrogens (tertiary/aromatic N) is 1. The highest BCUT2D eigenvalue weighted by molar-refractivity contribution is 7.85. The van der Waals surface area contributed by atoms with Crippen LogP contribution in [0.1, 0.15) is 76.5 Å². The Hall–Kier alpha value is -2.12. The van der Waals surface area contributed by atoms with E-state index < -0.39 is 10.8 Å². The zero-order valence-electron chi connectivity index (χ0n) is 18.0. The number of aryl methyl sites for hydroxylation is 1. The number of hydrogen-bond donors (Lipinski definition) is 0. The van der Waals surface area contributed by atoms with E-state index >= 15 is 0 Å². The van der Waals surface area contributed by atoms with Crippen LogP contribution in [0.3, 0.4) is 0 Å². The van der Waals surface area contributed by atoms with E-state index in [0.29, 0.717) is 11.3 Å². The Kier molecular flexibility index (Phi) is 6.80. The summed E-state index contributed by atoms with van der Waals surface area (Å²) in [5.41, 5.74) is 2.43. The molecular formula is C25H31NO2S. The van der Waals surface area contributed by atoms with Crippen molar-refractivity contribution in [2.75, 3.05) is 0 Å². The standard InChI is InChI=1S/C25H31NO2S/c1-5-18-15-16-19(17-26)23(24(18)29(27)20-11-7-6-8-12-20)28-22-14-10-9-13-21(22)25(2,3)4/h9-10,13-16,20H,5-8,11-12H2,1-4H3. The maximum absolute atomic E-state index is 13.7. The average Bonchev–Trinajstić information content (AvgIpc) is 2.73. The molecule has 1 aliphatic carbocycles. The van der Waals surface area contributed by atoms with Crippen molar-refractivity contribution in [2.24, 2.45) is 0 Å². The molecular weight excluding hydrogens is 378 g/mol. The average molecular weight is 410 g/mol. The third-order valence-electron chi connectivity index (χ3n) is 5.66. The van der Waals surface area contributed by atoms with Crippen LogP contribution in [0.15, 0.2) is 41.3 Å². The van der Waals surface area contributed by atoms with Crippen molar-refractivity contribution in [3.05, 3.63) is 53.1 Å². The predicted molar refractivity (Wildman–Crippen MR) is 119 cm³/mol. The third-order valence-corrected chi connectivity index (χ3v) is 7.59. The molecule has 2 aromatic carbocycles. The molecule has 0 N–H and O–H groups in total. The van der Waals surface area contributed by atoms with Gasteiger partial charge in [0.1, 0.15) is 11.8 Å². The number of ether oxygens (including phenoxy) is 1. The van der Waals surface area contributed by atoms with Gasteiger partial charge in [0.05, 0.1) is 21.3 Å². The van der Waals surface area contributed by atoms with E-state index in [1.165, 1.54) is 6.42 Å². The summed E-state index contributed by atoms with van der Waals surface area (Å²) < 4.78 is 20.1. The van der Waals surface area contributed by atoms with Crippen molar-refractivity contribution in [2.45, 2.75) is 81.8 Å². The molecule has 0 bridgehead atoms. The third kappa shape index (κ3) is 4.73. The summed E-state index contributed by atoms with van der Waals surface area (Å²) in [6.45, 7) is 8.49. The fraction of sp³-hybridized carbons (Fsp3) is 0.480. The van der Waals surface area contributed by atoms with Gasteiger partial charge in [0.2, 0.25) is 0 Å². The Morgan fingerprint density at radius 2 is 1.79 bits per heavy atom. The van der Waals surface area contributed by atoms with Gasteiger partial charge in [-0.1, -0.05) is 71.2 Å². The lowest BCUT2D eigenvalue weighted by atomic mass is 9.86. The Bertz CT molecular complexity index is 931. The first-order chi connectivity index (χ1) is 13.9. The van der Waals surface area contributed by atoms with Gasteiger partial charge in [-0.25, -0.2) is 0 Å². The highest BCUT2D eigenvalue weighted by Gasteiger charge is 2.28. The summed E-state index contributed by atoms with van der Waals surface area (Å²) in [7, 11) is -1.18. The summed E-state index contributed by atoms with van der Waals surface area (Å²) in [6, 6.07) is 13.9. The quantitative estimate of drug-likeness (QED) is 0.555. The van der Waals surface area contributed by atoms with Crippen molar-refractivity contribution in [3.63, 3.8) is 0 Å². The largest absolute Gasteiger partial charge is 0.454 e. The fourth-order valence-corrected chi connectivity index (χ4v) is 5.92. The highest BCUT2D eigenvalue weighted by Crippen LogP contribution is 2.40. The van der Waals surface area contributed by atoms with Gasteiger partial charge in [0.25, 0.3) is 0 Å². The molecule has 1 unspecified atom stereocenters. The molecule has 4 heteroatoms. The molecule has 1 saturated carbocycles. The van der Waals surface area contributed by atoms with E-state index in [2.05, 4.69) is 39.8 Å². The van der Waals surface area contributed by atoms with E-state index in [1.54, 1.807) is 6.07 Å². The van der Waals surface area contributed by atoms with Crippen molar-refractivity contribution >= 4 is 10.8 Å². The van der Waals surface area contributed by atoms with Crippen LogP contribution in [0.25, 0.3) is 0 Å². The van der Waals surface area contributed by atoms with Crippen molar-refractivity contribution in [3.8, 4) is 17.6 Å². The minimum absolute atomic E-state index is 0.103. The molecule has 1 atom stereocenters. The number of benzene rings is 2. The van der Waals surface area contributed by atoms with Gasteiger partial charge in [-0.2, -0.15) is 5.26 Å². The number of hydrogen-bond acceptors (Lipinski definition) is 3. The van der Waals surface area contributed by atoms with Crippen molar-refractivity contribution < 1.29 is 8.95 Å². The summed E-state index contributed by atoms with van der Waals surface area (Å²) in [5, 5.41) is 9.92. The van der Waals surface area contributed by atoms with E-state index in [1.807, 2.05) is 24.3 Å². The molecule has 0 aliphatic heterocycles. The van der Waals surface area contributed by atoms with Gasteiger partial charge < -0.3 is 4.74 Å². The summed E-state index contributed by atoms with van der Waals surface area (Å²) in [4.78, 5) is 0.724. The maximum atomic E-state index is 13.7. The van der Waals surface area contributed by atoms with Crippen molar-refractivity contribution in [1.29, 1.82) is 5.26 Å². The minimum atomic E-state index is -1.18. The Labute approximate surface area is 177 Å². The number of para-hydroxylation sites is 1. The van der Waals surface area contributed by atoms with Gasteiger partial charge in [-0.05, 0) is 42.4 Å². The van der Waals surface area contributed by atoms with Gasteiger partial charge in [0.15, 0.2) is 5.75 Å². The number of rotatable bonds is 5. The van der Waals surface area contributed by atoms with Gasteiger partial charge in [-0.15, -0.1) is 0 Å². The molecule has 29 heavy (non-hydrogen) atoms. The lowest BCUT2D eigenvalue weighted by molar-refractivity contribution is 0.441. The molecule has 0 aromatic heterocycles. The van der Waals surface area contributed by atoms with E-state index in [9.17, 15) is 9.47 Å². The van der Waals surface area contributed by atoms with Gasteiger partial charge >= 0.3 is 0 Å². The molecule has 0 saturated heterocycles. The second-order valence-electron chi connectivity index (χ2n) is 8.80. The molecule has 3 rings (SSSR count). The lowest BCUT2D eigenvalue weighted by Crippen LogP contribution is -2.20. The summed E-state index contributed by atoms with van der Waals surface area (Å²) >= 11 is 0. The Morgan fingerprint density at radius 1 is 1.10 bits per heavy atom. The molecule has 0 heterocycles. The SMILES string of the molecule is CCc1ccc(C#N)c(Oc2ccccc2C(C)(C)C)c1S(=O)C1CCCCC1. The smallest absolute Gasteiger partial charge is 0.161 e. The fourth-order valence-electron chi connectivity index (χ4n) is 4.02. The molecule has 1 fully saturated rings. The van der Waals surface area contributed by atoms with Crippen LogP contribution in [0.2, 0.25) is 0 Å². The molecule has 0 amide bonds. The lowest BCUT2D eigenvalue weighted by Gasteiger charge is -2.26. The van der Waals surface area contributed by atoms with Crippen LogP contribution in [0.5, 0.6) is 11.5 Å². The second-order valence-corrected chi connectivity index (χ2v) is 10.5. The predicted octanol–water partition coefficient (Wildman–Crippen LogP) is 6.65. The Balaban J connectivity index is 2.13. The first-order valence-corrected chi connectivity index (χ1v) is 11.8. The summed E-state index contributed by atoms with van der Waals surface area (Å²) in [5.74, 6) is 1.21. The first kappa shape index (κ1) is 21.6. The molecule has 1 aliphatic rings. The van der Waals surface area contributed by atoms with E-state index in [4.69, 9.17) is 4.74 Å². The van der Waals surface area contributed by atoms with Crippen LogP contribution in [0, 0.1) is 11.3 Å². The molecule has 2 aromatic rings. The van der Waals surface area contributed by atoms with Crippen LogP contribution >= 0.6 is 0 Å². The van der Waals surface area contributed by atoms with Gasteiger partial charge in [0, 0.05) is 10.8 Å². The first-order valence-electron chi connectivity index (χ1n) is 10.6. The second kappa shape index (κ2) is 9.13. The van der Waals surface area contributed by atoms with E-state index in [0.717, 1.165) is 53.9 Å². The topological polar surface area (TPSA) is 50.1 Å². The normalized spacial score (nSPS) is 16.2. The monoisotopic (exact) mass is 409 g/mol. The van der Waals surface area contributed by atoms with Crippen LogP contribution in [-0.4, -0.2) is 9.46 Å². The maximum Gasteiger partial charge on any atom is 0.161 e. The zero-order chi connectivity index (χ0) is 21.0.